The molecular formula is C14H17NO2. The standard InChI is InChI=1S/C14H17NO2/c1-3-5-8-11(7-4-2)13-12-9-6-10-15(12)14(16)17-13/h3-9,12-13H,10H2,1-2H3/b5-3-,7-4-,11-8+. The first-order valence-electron chi connectivity index (χ1n) is 5.87. The van der Waals surface area contributed by atoms with Crippen molar-refractivity contribution in [2.45, 2.75) is 26.0 Å². The molecule has 2 rings (SSSR count). The number of carbonyl (C=O) groups is 1. The van der Waals surface area contributed by atoms with Crippen molar-refractivity contribution in [2.24, 2.45) is 0 Å². The Hall–Kier alpha value is -1.77. The molecule has 0 aromatic rings. The molecule has 3 heteroatoms. The van der Waals surface area contributed by atoms with Gasteiger partial charge in [0.1, 0.15) is 0 Å². The highest BCUT2D eigenvalue weighted by molar-refractivity contribution is 5.73. The van der Waals surface area contributed by atoms with Gasteiger partial charge in [0.2, 0.25) is 0 Å². The van der Waals surface area contributed by atoms with Gasteiger partial charge in [0.15, 0.2) is 6.10 Å². The molecule has 2 heterocycles. The quantitative estimate of drug-likeness (QED) is 0.552. The maximum absolute atomic E-state index is 11.6. The Kier molecular flexibility index (Phi) is 3.47. The van der Waals surface area contributed by atoms with E-state index in [1.165, 1.54) is 0 Å². The van der Waals surface area contributed by atoms with Crippen LogP contribution in [0.1, 0.15) is 13.8 Å². The summed E-state index contributed by atoms with van der Waals surface area (Å²) in [5, 5.41) is 0. The lowest BCUT2D eigenvalue weighted by Crippen LogP contribution is -2.31. The zero-order valence-corrected chi connectivity index (χ0v) is 10.2. The molecule has 1 amide bonds. The van der Waals surface area contributed by atoms with Gasteiger partial charge >= 0.3 is 6.09 Å². The van der Waals surface area contributed by atoms with Gasteiger partial charge in [-0.3, -0.25) is 4.90 Å². The maximum atomic E-state index is 11.6. The number of fused-ring (bicyclic) bond motifs is 1. The third-order valence-corrected chi connectivity index (χ3v) is 2.94. The van der Waals surface area contributed by atoms with E-state index in [1.807, 2.05) is 56.4 Å². The lowest BCUT2D eigenvalue weighted by atomic mass is 10.0. The molecule has 0 aromatic heterocycles. The number of amides is 1. The summed E-state index contributed by atoms with van der Waals surface area (Å²) in [7, 11) is 0. The number of ether oxygens (including phenoxy) is 1. The summed E-state index contributed by atoms with van der Waals surface area (Å²) >= 11 is 0. The Bertz CT molecular complexity index is 418. The number of cyclic esters (lactones) is 1. The lowest BCUT2D eigenvalue weighted by Gasteiger charge is -2.16. The topological polar surface area (TPSA) is 29.5 Å². The molecule has 2 unspecified atom stereocenters. The van der Waals surface area contributed by atoms with E-state index in [9.17, 15) is 4.79 Å². The van der Waals surface area contributed by atoms with E-state index in [0.29, 0.717) is 6.54 Å². The van der Waals surface area contributed by atoms with Crippen molar-refractivity contribution in [1.29, 1.82) is 0 Å². The van der Waals surface area contributed by atoms with Crippen LogP contribution in [0, 0.1) is 0 Å². The normalized spacial score (nSPS) is 28.5. The van der Waals surface area contributed by atoms with Crippen molar-refractivity contribution in [2.75, 3.05) is 6.54 Å². The fourth-order valence-electron chi connectivity index (χ4n) is 2.16. The molecule has 0 radical (unpaired) electrons. The summed E-state index contributed by atoms with van der Waals surface area (Å²) in [4.78, 5) is 13.4. The zero-order chi connectivity index (χ0) is 12.3. The molecule has 17 heavy (non-hydrogen) atoms. The summed E-state index contributed by atoms with van der Waals surface area (Å²) in [5.74, 6) is 0. The molecule has 2 atom stereocenters. The number of rotatable bonds is 3. The third-order valence-electron chi connectivity index (χ3n) is 2.94. The summed E-state index contributed by atoms with van der Waals surface area (Å²) in [6.07, 6.45) is 13.5. The van der Waals surface area contributed by atoms with Crippen LogP contribution in [0.15, 0.2) is 48.1 Å². The van der Waals surface area contributed by atoms with E-state index in [-0.39, 0.29) is 18.2 Å². The highest BCUT2D eigenvalue weighted by Gasteiger charge is 2.42. The Morgan fingerprint density at radius 3 is 3.00 bits per heavy atom. The van der Waals surface area contributed by atoms with Gasteiger partial charge in [-0.1, -0.05) is 42.5 Å². The second-order valence-corrected chi connectivity index (χ2v) is 4.07. The predicted octanol–water partition coefficient (Wildman–Crippen LogP) is 2.82. The summed E-state index contributed by atoms with van der Waals surface area (Å²) in [6.45, 7) is 4.58. The van der Waals surface area contributed by atoms with Crippen molar-refractivity contribution >= 4 is 6.09 Å². The fourth-order valence-corrected chi connectivity index (χ4v) is 2.16. The summed E-state index contributed by atoms with van der Waals surface area (Å²) in [6, 6.07) is 0.0511. The Balaban J connectivity index is 2.25. The molecule has 0 aliphatic carbocycles. The van der Waals surface area contributed by atoms with Gasteiger partial charge in [0.25, 0.3) is 0 Å². The van der Waals surface area contributed by atoms with E-state index in [2.05, 4.69) is 0 Å². The third kappa shape index (κ3) is 2.18. The molecule has 0 bridgehead atoms. The SMILES string of the molecule is C\C=C/C=C(\C=C/C)C1OC(=O)N2CC=CC12. The van der Waals surface area contributed by atoms with Crippen molar-refractivity contribution in [1.82, 2.24) is 4.90 Å². The van der Waals surface area contributed by atoms with Crippen LogP contribution >= 0.6 is 0 Å². The monoisotopic (exact) mass is 231 g/mol. The van der Waals surface area contributed by atoms with Crippen LogP contribution in [0.5, 0.6) is 0 Å². The van der Waals surface area contributed by atoms with E-state index in [4.69, 9.17) is 4.74 Å². The summed E-state index contributed by atoms with van der Waals surface area (Å²) < 4.78 is 5.42. The zero-order valence-electron chi connectivity index (χ0n) is 10.2. The van der Waals surface area contributed by atoms with Crippen LogP contribution in [-0.2, 0) is 4.74 Å². The second-order valence-electron chi connectivity index (χ2n) is 4.07. The van der Waals surface area contributed by atoms with Crippen LogP contribution in [0.25, 0.3) is 0 Å². The van der Waals surface area contributed by atoms with Gasteiger partial charge in [-0.15, -0.1) is 0 Å². The Morgan fingerprint density at radius 1 is 1.47 bits per heavy atom. The first kappa shape index (κ1) is 11.7. The highest BCUT2D eigenvalue weighted by Crippen LogP contribution is 2.29. The van der Waals surface area contributed by atoms with Crippen molar-refractivity contribution in [3.05, 3.63) is 48.1 Å². The fraction of sp³-hybridized carbons (Fsp3) is 0.357. The van der Waals surface area contributed by atoms with Gasteiger partial charge in [0.05, 0.1) is 6.04 Å². The van der Waals surface area contributed by atoms with Gasteiger partial charge in [-0.05, 0) is 19.4 Å². The maximum Gasteiger partial charge on any atom is 0.411 e. The van der Waals surface area contributed by atoms with Crippen molar-refractivity contribution in [3.8, 4) is 0 Å². The molecule has 0 saturated carbocycles. The molecule has 0 aromatic carbocycles. The molecule has 2 aliphatic rings. The lowest BCUT2D eigenvalue weighted by molar-refractivity contribution is 0.144. The highest BCUT2D eigenvalue weighted by atomic mass is 16.6. The first-order valence-corrected chi connectivity index (χ1v) is 5.87. The minimum Gasteiger partial charge on any atom is -0.439 e. The minimum absolute atomic E-state index is 0.0511. The molecule has 0 N–H and O–H groups in total. The van der Waals surface area contributed by atoms with Gasteiger partial charge in [-0.2, -0.15) is 0 Å². The van der Waals surface area contributed by atoms with Crippen LogP contribution < -0.4 is 0 Å². The molecular weight excluding hydrogens is 214 g/mol. The van der Waals surface area contributed by atoms with Crippen LogP contribution in [0.3, 0.4) is 0 Å². The molecule has 2 aliphatic heterocycles. The van der Waals surface area contributed by atoms with Crippen LogP contribution in [0.2, 0.25) is 0 Å². The molecule has 90 valence electrons. The van der Waals surface area contributed by atoms with Crippen molar-refractivity contribution < 1.29 is 9.53 Å². The average Bonchev–Trinajstić information content (AvgIpc) is 2.89. The van der Waals surface area contributed by atoms with Gasteiger partial charge in [-0.25, -0.2) is 4.79 Å². The molecule has 1 saturated heterocycles. The van der Waals surface area contributed by atoms with Crippen molar-refractivity contribution in [3.63, 3.8) is 0 Å². The number of nitrogens with zero attached hydrogens (tertiary/aromatic N) is 1. The summed E-state index contributed by atoms with van der Waals surface area (Å²) in [5.41, 5.74) is 1.03. The number of hydrogen-bond acceptors (Lipinski definition) is 2. The van der Waals surface area contributed by atoms with E-state index >= 15 is 0 Å². The average molecular weight is 231 g/mol. The molecule has 3 nitrogen and oxygen atoms in total. The van der Waals surface area contributed by atoms with E-state index in [1.54, 1.807) is 4.90 Å². The number of hydrogen-bond donors (Lipinski definition) is 0. The smallest absolute Gasteiger partial charge is 0.411 e. The van der Waals surface area contributed by atoms with Crippen LogP contribution in [0.4, 0.5) is 4.79 Å². The van der Waals surface area contributed by atoms with E-state index in [0.717, 1.165) is 5.57 Å². The largest absolute Gasteiger partial charge is 0.439 e. The van der Waals surface area contributed by atoms with E-state index < -0.39 is 0 Å². The second kappa shape index (κ2) is 5.04. The molecule has 1 fully saturated rings. The van der Waals surface area contributed by atoms with Gasteiger partial charge < -0.3 is 4.74 Å². The molecule has 0 spiro atoms. The van der Waals surface area contributed by atoms with Gasteiger partial charge in [0, 0.05) is 6.54 Å². The number of carbonyl (C=O) groups excluding carboxylic acids is 1. The number of allylic oxidation sites excluding steroid dienone is 4. The predicted molar refractivity (Wildman–Crippen MR) is 67.6 cm³/mol. The Labute approximate surface area is 102 Å². The first-order chi connectivity index (χ1) is 8.27. The Morgan fingerprint density at radius 2 is 2.29 bits per heavy atom. The minimum atomic E-state index is -0.221. The van der Waals surface area contributed by atoms with Crippen LogP contribution in [-0.4, -0.2) is 29.7 Å².